The topological polar surface area (TPSA) is 67.4 Å². The molecule has 1 saturated heterocycles. The molecule has 5 heteroatoms. The van der Waals surface area contributed by atoms with Crippen molar-refractivity contribution in [1.82, 2.24) is 10.6 Å². The van der Waals surface area contributed by atoms with Crippen LogP contribution in [0.2, 0.25) is 0 Å². The summed E-state index contributed by atoms with van der Waals surface area (Å²) in [4.78, 5) is 23.4. The maximum Gasteiger partial charge on any atom is 0.249 e. The third-order valence-electron chi connectivity index (χ3n) is 3.73. The van der Waals surface area contributed by atoms with Gasteiger partial charge in [-0.2, -0.15) is 0 Å². The van der Waals surface area contributed by atoms with Crippen LogP contribution >= 0.6 is 0 Å². The lowest BCUT2D eigenvalue weighted by Gasteiger charge is -2.11. The summed E-state index contributed by atoms with van der Waals surface area (Å²) in [5.74, 6) is -0.0710. The summed E-state index contributed by atoms with van der Waals surface area (Å²) >= 11 is 0. The first-order valence-corrected chi connectivity index (χ1v) is 7.87. The van der Waals surface area contributed by atoms with Crippen LogP contribution in [0.1, 0.15) is 30.4 Å². The zero-order valence-electron chi connectivity index (χ0n) is 13.1. The number of amides is 2. The molecule has 2 amide bonds. The van der Waals surface area contributed by atoms with E-state index < -0.39 is 0 Å². The summed E-state index contributed by atoms with van der Waals surface area (Å²) in [6, 6.07) is 8.19. The fraction of sp³-hybridized carbons (Fsp3) is 0.529. The summed E-state index contributed by atoms with van der Waals surface area (Å²) in [6.07, 6.45) is 2.61. The van der Waals surface area contributed by atoms with Gasteiger partial charge in [0.15, 0.2) is 0 Å². The molecule has 22 heavy (non-hydrogen) atoms. The molecule has 1 aliphatic rings. The van der Waals surface area contributed by atoms with Crippen LogP contribution in [-0.4, -0.2) is 37.6 Å². The number of aryl methyl sites for hydroxylation is 2. The summed E-state index contributed by atoms with van der Waals surface area (Å²) < 4.78 is 5.29. The molecule has 1 aromatic carbocycles. The van der Waals surface area contributed by atoms with Gasteiger partial charge in [-0.1, -0.05) is 29.8 Å². The monoisotopic (exact) mass is 304 g/mol. The molecule has 5 nitrogen and oxygen atoms in total. The van der Waals surface area contributed by atoms with E-state index in [2.05, 4.69) is 10.6 Å². The minimum atomic E-state index is -0.308. The van der Waals surface area contributed by atoms with Crippen LogP contribution in [0.4, 0.5) is 0 Å². The van der Waals surface area contributed by atoms with Gasteiger partial charge in [0.1, 0.15) is 6.10 Å². The lowest BCUT2D eigenvalue weighted by molar-refractivity contribution is -0.130. The van der Waals surface area contributed by atoms with Gasteiger partial charge in [-0.3, -0.25) is 9.59 Å². The van der Waals surface area contributed by atoms with E-state index in [-0.39, 0.29) is 17.9 Å². The minimum Gasteiger partial charge on any atom is -0.368 e. The zero-order valence-corrected chi connectivity index (χ0v) is 13.1. The molecule has 1 fully saturated rings. The number of hydrogen-bond acceptors (Lipinski definition) is 3. The van der Waals surface area contributed by atoms with Crippen molar-refractivity contribution in [3.8, 4) is 0 Å². The quantitative estimate of drug-likeness (QED) is 0.747. The van der Waals surface area contributed by atoms with Crippen LogP contribution in [0.3, 0.4) is 0 Å². The molecule has 1 aromatic rings. The van der Waals surface area contributed by atoms with Gasteiger partial charge in [-0.25, -0.2) is 0 Å². The van der Waals surface area contributed by atoms with E-state index in [0.717, 1.165) is 24.8 Å². The van der Waals surface area contributed by atoms with Crippen molar-refractivity contribution in [1.29, 1.82) is 0 Å². The Labute approximate surface area is 131 Å². The molecular formula is C17H24N2O3. The van der Waals surface area contributed by atoms with E-state index in [1.165, 1.54) is 5.56 Å². The molecular weight excluding hydrogens is 280 g/mol. The molecule has 0 aromatic heterocycles. The number of nitrogens with one attached hydrogen (secondary N) is 2. The molecule has 1 aliphatic heterocycles. The Hall–Kier alpha value is -1.88. The number of ether oxygens (including phenoxy) is 1. The van der Waals surface area contributed by atoms with Crippen LogP contribution in [0.5, 0.6) is 0 Å². The molecule has 120 valence electrons. The van der Waals surface area contributed by atoms with Crippen LogP contribution in [0.25, 0.3) is 0 Å². The third kappa shape index (κ3) is 5.48. The number of carbonyl (C=O) groups is 2. The van der Waals surface area contributed by atoms with E-state index in [4.69, 9.17) is 4.74 Å². The average molecular weight is 304 g/mol. The summed E-state index contributed by atoms with van der Waals surface area (Å²) in [6.45, 7) is 3.59. The Morgan fingerprint density at radius 3 is 2.59 bits per heavy atom. The predicted molar refractivity (Wildman–Crippen MR) is 84.5 cm³/mol. The first-order chi connectivity index (χ1) is 10.6. The molecule has 0 radical (unpaired) electrons. The molecule has 1 heterocycles. The zero-order chi connectivity index (χ0) is 15.8. The van der Waals surface area contributed by atoms with Crippen molar-refractivity contribution >= 4 is 11.8 Å². The molecule has 1 atom stereocenters. The molecule has 1 unspecified atom stereocenters. The van der Waals surface area contributed by atoms with Crippen LogP contribution < -0.4 is 10.6 Å². The highest BCUT2D eigenvalue weighted by atomic mass is 16.5. The molecule has 0 saturated carbocycles. The molecule has 0 bridgehead atoms. The van der Waals surface area contributed by atoms with Gasteiger partial charge in [0.25, 0.3) is 0 Å². The highest BCUT2D eigenvalue weighted by Gasteiger charge is 2.22. The van der Waals surface area contributed by atoms with Crippen molar-refractivity contribution < 1.29 is 14.3 Å². The van der Waals surface area contributed by atoms with E-state index in [0.29, 0.717) is 26.1 Å². The number of benzene rings is 1. The molecule has 0 aliphatic carbocycles. The highest BCUT2D eigenvalue weighted by molar-refractivity contribution is 5.81. The standard InChI is InChI=1S/C17H24N2O3/c1-13-4-6-14(7-5-13)8-9-16(20)18-10-11-19-17(21)15-3-2-12-22-15/h4-7,15H,2-3,8-12H2,1H3,(H,18,20)(H,19,21). The first kappa shape index (κ1) is 16.5. The van der Waals surface area contributed by atoms with E-state index >= 15 is 0 Å². The van der Waals surface area contributed by atoms with Crippen LogP contribution in [-0.2, 0) is 20.7 Å². The number of carbonyl (C=O) groups excluding carboxylic acids is 2. The molecule has 2 rings (SSSR count). The third-order valence-corrected chi connectivity index (χ3v) is 3.73. The van der Waals surface area contributed by atoms with Crippen molar-refractivity contribution in [3.63, 3.8) is 0 Å². The summed E-state index contributed by atoms with van der Waals surface area (Å²) in [5.41, 5.74) is 2.38. The maximum atomic E-state index is 11.7. The molecule has 2 N–H and O–H groups in total. The Kier molecular flexibility index (Phi) is 6.40. The lowest BCUT2D eigenvalue weighted by atomic mass is 10.1. The van der Waals surface area contributed by atoms with Crippen molar-refractivity contribution in [3.05, 3.63) is 35.4 Å². The van der Waals surface area contributed by atoms with Crippen LogP contribution in [0.15, 0.2) is 24.3 Å². The SMILES string of the molecule is Cc1ccc(CCC(=O)NCCNC(=O)C2CCCO2)cc1. The van der Waals surface area contributed by atoms with E-state index in [9.17, 15) is 9.59 Å². The smallest absolute Gasteiger partial charge is 0.249 e. The van der Waals surface area contributed by atoms with Gasteiger partial charge in [0.05, 0.1) is 0 Å². The van der Waals surface area contributed by atoms with E-state index in [1.54, 1.807) is 0 Å². The second-order valence-corrected chi connectivity index (χ2v) is 5.63. The van der Waals surface area contributed by atoms with Crippen molar-refractivity contribution in [2.24, 2.45) is 0 Å². The van der Waals surface area contributed by atoms with Gasteiger partial charge >= 0.3 is 0 Å². The number of hydrogen-bond donors (Lipinski definition) is 2. The largest absolute Gasteiger partial charge is 0.368 e. The normalized spacial score (nSPS) is 17.2. The lowest BCUT2D eigenvalue weighted by Crippen LogP contribution is -2.39. The Morgan fingerprint density at radius 2 is 1.91 bits per heavy atom. The number of rotatable bonds is 7. The van der Waals surface area contributed by atoms with Gasteiger partial charge in [-0.05, 0) is 31.7 Å². The summed E-state index contributed by atoms with van der Waals surface area (Å²) in [7, 11) is 0. The predicted octanol–water partition coefficient (Wildman–Crippen LogP) is 1.34. The fourth-order valence-corrected chi connectivity index (χ4v) is 2.39. The fourth-order valence-electron chi connectivity index (χ4n) is 2.39. The van der Waals surface area contributed by atoms with Crippen LogP contribution in [0, 0.1) is 6.92 Å². The summed E-state index contributed by atoms with van der Waals surface area (Å²) in [5, 5.41) is 5.60. The van der Waals surface area contributed by atoms with Gasteiger partial charge in [-0.15, -0.1) is 0 Å². The Morgan fingerprint density at radius 1 is 1.18 bits per heavy atom. The Balaban J connectivity index is 1.55. The van der Waals surface area contributed by atoms with Gasteiger partial charge in [0.2, 0.25) is 11.8 Å². The maximum absolute atomic E-state index is 11.7. The average Bonchev–Trinajstić information content (AvgIpc) is 3.05. The highest BCUT2D eigenvalue weighted by Crippen LogP contribution is 2.11. The van der Waals surface area contributed by atoms with Gasteiger partial charge < -0.3 is 15.4 Å². The first-order valence-electron chi connectivity index (χ1n) is 7.87. The van der Waals surface area contributed by atoms with Gasteiger partial charge in [0, 0.05) is 26.1 Å². The second-order valence-electron chi connectivity index (χ2n) is 5.63. The van der Waals surface area contributed by atoms with Crippen molar-refractivity contribution in [2.75, 3.05) is 19.7 Å². The Bertz CT molecular complexity index is 493. The molecule has 0 spiro atoms. The second kappa shape index (κ2) is 8.54. The van der Waals surface area contributed by atoms with E-state index in [1.807, 2.05) is 31.2 Å². The minimum absolute atomic E-state index is 0.00643. The van der Waals surface area contributed by atoms with Crippen molar-refractivity contribution in [2.45, 2.75) is 38.7 Å².